The van der Waals surface area contributed by atoms with Crippen molar-refractivity contribution in [2.24, 2.45) is 0 Å². The van der Waals surface area contributed by atoms with Gasteiger partial charge in [0.05, 0.1) is 22.1 Å². The van der Waals surface area contributed by atoms with Crippen LogP contribution in [0.2, 0.25) is 0 Å². The second-order valence-corrected chi connectivity index (χ2v) is 30.8. The first-order chi connectivity index (χ1) is 55.1. The topological polar surface area (TPSA) is 16.3 Å². The standard InChI is InChI=1S/C57H42N2.C51H38N2/c1-57(2)53-19-11-9-17-49(53)51-38-48(34-35-54(51)57)58(45-28-21-41(22-29-45)39-13-5-3-6-14-39)46-30-25-43(26-31-46)44-27-36-56-52(37-44)50-18-10-12-20-55(50)59(56)47-32-23-42(24-33-47)40-15-7-4-8-16-40;1-51(2)47-19-11-9-17-43(47)45-34-42(30-31-48(45)51)52(40-26-21-36(22-27-40)35-13-5-3-6-14-35)41-28-23-37(24-29-41)38-25-32-50-46(33-38)44-18-10-12-20-49(44)53(50)39-15-7-4-8-16-39/h3-38H,1-2H3;3-34H,1-2H3. The van der Waals surface area contributed by atoms with E-state index in [1.165, 1.54) is 149 Å². The average molecular weight is 1430 g/mol. The molecule has 2 aliphatic carbocycles. The molecule has 2 aliphatic rings. The van der Waals surface area contributed by atoms with Crippen LogP contribution in [0, 0.1) is 0 Å². The fraction of sp³-hybridized carbons (Fsp3) is 0.0556. The van der Waals surface area contributed by atoms with Crippen LogP contribution in [0.5, 0.6) is 0 Å². The number of benzene rings is 17. The van der Waals surface area contributed by atoms with Gasteiger partial charge < -0.3 is 18.9 Å². The highest BCUT2D eigenvalue weighted by atomic mass is 15.1. The maximum Gasteiger partial charge on any atom is 0.0541 e. The van der Waals surface area contributed by atoms with E-state index in [1.54, 1.807) is 0 Å². The molecule has 112 heavy (non-hydrogen) atoms. The Morgan fingerprint density at radius 3 is 0.812 bits per heavy atom. The molecule has 0 spiro atoms. The van der Waals surface area contributed by atoms with Crippen LogP contribution in [0.25, 0.3) is 133 Å². The number of anilines is 6. The summed E-state index contributed by atoms with van der Waals surface area (Å²) >= 11 is 0. The number of nitrogens with zero attached hydrogens (tertiary/aromatic N) is 4. The van der Waals surface area contributed by atoms with Gasteiger partial charge in [-0.3, -0.25) is 0 Å². The van der Waals surface area contributed by atoms with Crippen LogP contribution in [0.3, 0.4) is 0 Å². The van der Waals surface area contributed by atoms with E-state index in [0.29, 0.717) is 0 Å². The van der Waals surface area contributed by atoms with Crippen molar-refractivity contribution < 1.29 is 0 Å². The molecular weight excluding hydrogens is 1350 g/mol. The third kappa shape index (κ3) is 11.7. The molecular formula is C108H80N4. The predicted octanol–water partition coefficient (Wildman–Crippen LogP) is 29.5. The molecule has 19 aromatic rings. The van der Waals surface area contributed by atoms with Crippen LogP contribution in [0.15, 0.2) is 413 Å². The Morgan fingerprint density at radius 1 is 0.179 bits per heavy atom. The highest BCUT2D eigenvalue weighted by Crippen LogP contribution is 2.53. The molecule has 0 N–H and O–H groups in total. The van der Waals surface area contributed by atoms with Crippen molar-refractivity contribution in [1.29, 1.82) is 0 Å². The Balaban J connectivity index is 0.000000147. The van der Waals surface area contributed by atoms with E-state index in [9.17, 15) is 0 Å². The summed E-state index contributed by atoms with van der Waals surface area (Å²) in [6.45, 7) is 9.36. The van der Waals surface area contributed by atoms with E-state index < -0.39 is 0 Å². The molecule has 0 atom stereocenters. The highest BCUT2D eigenvalue weighted by Gasteiger charge is 2.37. The summed E-state index contributed by atoms with van der Waals surface area (Å²) in [5, 5.41) is 5.01. The summed E-state index contributed by atoms with van der Waals surface area (Å²) in [6, 6.07) is 151. The molecule has 0 radical (unpaired) electrons. The minimum Gasteiger partial charge on any atom is -0.310 e. The second kappa shape index (κ2) is 27.6. The number of hydrogen-bond acceptors (Lipinski definition) is 2. The molecule has 2 aromatic heterocycles. The maximum absolute atomic E-state index is 2.40. The number of aromatic nitrogens is 2. The van der Waals surface area contributed by atoms with Crippen molar-refractivity contribution in [2.45, 2.75) is 38.5 Å². The van der Waals surface area contributed by atoms with Gasteiger partial charge in [-0.2, -0.15) is 0 Å². The number of fused-ring (bicyclic) bond motifs is 12. The Hall–Kier alpha value is -14.1. The molecule has 0 saturated heterocycles. The summed E-state index contributed by atoms with van der Waals surface area (Å²) in [4.78, 5) is 4.79. The molecule has 0 amide bonds. The fourth-order valence-electron chi connectivity index (χ4n) is 17.9. The maximum atomic E-state index is 2.40. The van der Waals surface area contributed by atoms with Crippen molar-refractivity contribution in [3.8, 4) is 89.3 Å². The van der Waals surface area contributed by atoms with Crippen LogP contribution in [-0.4, -0.2) is 9.13 Å². The van der Waals surface area contributed by atoms with E-state index in [4.69, 9.17) is 0 Å². The summed E-state index contributed by atoms with van der Waals surface area (Å²) in [6.07, 6.45) is 0. The zero-order valence-electron chi connectivity index (χ0n) is 63.0. The summed E-state index contributed by atoms with van der Waals surface area (Å²) < 4.78 is 4.76. The lowest BCUT2D eigenvalue weighted by molar-refractivity contribution is 0.660. The van der Waals surface area contributed by atoms with Gasteiger partial charge in [0.15, 0.2) is 0 Å². The first-order valence-electron chi connectivity index (χ1n) is 38.9. The monoisotopic (exact) mass is 1430 g/mol. The molecule has 2 heterocycles. The molecule has 0 saturated carbocycles. The van der Waals surface area contributed by atoms with Gasteiger partial charge in [0, 0.05) is 77.9 Å². The van der Waals surface area contributed by atoms with Crippen LogP contribution in [-0.2, 0) is 10.8 Å². The van der Waals surface area contributed by atoms with Gasteiger partial charge in [-0.25, -0.2) is 0 Å². The zero-order chi connectivity index (χ0) is 75.0. The van der Waals surface area contributed by atoms with Gasteiger partial charge in [-0.05, 0) is 234 Å². The second-order valence-electron chi connectivity index (χ2n) is 30.8. The van der Waals surface area contributed by atoms with E-state index in [0.717, 1.165) is 39.8 Å². The first-order valence-corrected chi connectivity index (χ1v) is 38.9. The Morgan fingerprint density at radius 2 is 0.438 bits per heavy atom. The van der Waals surface area contributed by atoms with Gasteiger partial charge in [-0.15, -0.1) is 0 Å². The lowest BCUT2D eigenvalue weighted by Gasteiger charge is -2.27. The van der Waals surface area contributed by atoms with Gasteiger partial charge in [0.2, 0.25) is 0 Å². The normalized spacial score (nSPS) is 12.8. The molecule has 0 bridgehead atoms. The van der Waals surface area contributed by atoms with Crippen LogP contribution < -0.4 is 9.80 Å². The average Bonchev–Trinajstić information content (AvgIpc) is 1.55. The molecule has 4 heteroatoms. The third-order valence-electron chi connectivity index (χ3n) is 23.6. The lowest BCUT2D eigenvalue weighted by atomic mass is 9.82. The highest BCUT2D eigenvalue weighted by molar-refractivity contribution is 6.12. The van der Waals surface area contributed by atoms with Gasteiger partial charge in [-0.1, -0.05) is 307 Å². The van der Waals surface area contributed by atoms with Crippen molar-refractivity contribution in [3.05, 3.63) is 435 Å². The van der Waals surface area contributed by atoms with Gasteiger partial charge in [0.1, 0.15) is 0 Å². The van der Waals surface area contributed by atoms with Crippen LogP contribution >= 0.6 is 0 Å². The summed E-state index contributed by atoms with van der Waals surface area (Å²) in [5.74, 6) is 0. The number of rotatable bonds is 13. The van der Waals surface area contributed by atoms with E-state index in [2.05, 4.69) is 459 Å². The SMILES string of the molecule is CC1(C)c2ccccc2-c2cc(N(c3ccc(-c4ccccc4)cc3)c3ccc(-c4ccc5c(c4)c4ccccc4n5-c4ccc(-c5ccccc5)cc4)cc3)ccc21.CC1(C)c2ccccc2-c2cc(N(c3ccc(-c4ccccc4)cc3)c3ccc(-c4ccc5c(c4)c4ccccc4n5-c4ccccc4)cc3)ccc21. The molecule has 0 aliphatic heterocycles. The van der Waals surface area contributed by atoms with Gasteiger partial charge >= 0.3 is 0 Å². The summed E-state index contributed by atoms with van der Waals surface area (Å²) in [5.41, 5.74) is 36.7. The van der Waals surface area contributed by atoms with E-state index in [-0.39, 0.29) is 10.8 Å². The van der Waals surface area contributed by atoms with Crippen LogP contribution in [0.1, 0.15) is 49.9 Å². The van der Waals surface area contributed by atoms with Crippen molar-refractivity contribution >= 4 is 77.7 Å². The lowest BCUT2D eigenvalue weighted by Crippen LogP contribution is -2.15. The predicted molar refractivity (Wildman–Crippen MR) is 473 cm³/mol. The quantitative estimate of drug-likeness (QED) is 0.114. The van der Waals surface area contributed by atoms with Crippen LogP contribution in [0.4, 0.5) is 34.1 Å². The molecule has 532 valence electrons. The molecule has 17 aromatic carbocycles. The molecule has 0 unspecified atom stereocenters. The molecule has 21 rings (SSSR count). The third-order valence-corrected chi connectivity index (χ3v) is 23.6. The minimum atomic E-state index is -0.0470. The van der Waals surface area contributed by atoms with E-state index in [1.807, 2.05) is 0 Å². The number of para-hydroxylation sites is 3. The number of hydrogen-bond donors (Lipinski definition) is 0. The summed E-state index contributed by atoms with van der Waals surface area (Å²) in [7, 11) is 0. The van der Waals surface area contributed by atoms with Crippen molar-refractivity contribution in [2.75, 3.05) is 9.80 Å². The zero-order valence-corrected chi connectivity index (χ0v) is 63.0. The Bertz CT molecular complexity index is 6730. The molecule has 4 nitrogen and oxygen atoms in total. The smallest absolute Gasteiger partial charge is 0.0541 e. The van der Waals surface area contributed by atoms with E-state index >= 15 is 0 Å². The fourth-order valence-corrected chi connectivity index (χ4v) is 17.9. The Kier molecular flexibility index (Phi) is 16.6. The Labute approximate surface area is 654 Å². The first kappa shape index (κ1) is 67.3. The van der Waals surface area contributed by atoms with Crippen molar-refractivity contribution in [3.63, 3.8) is 0 Å². The minimum absolute atomic E-state index is 0.0389. The van der Waals surface area contributed by atoms with Crippen molar-refractivity contribution in [1.82, 2.24) is 9.13 Å². The molecule has 0 fully saturated rings. The van der Waals surface area contributed by atoms with Gasteiger partial charge in [0.25, 0.3) is 0 Å². The largest absolute Gasteiger partial charge is 0.310 e.